The number of hydrogen-bond donors (Lipinski definition) is 1. The van der Waals surface area contributed by atoms with Gasteiger partial charge in [0.2, 0.25) is 0 Å². The minimum atomic E-state index is -0.584. The van der Waals surface area contributed by atoms with Gasteiger partial charge in [0.25, 0.3) is 0 Å². The van der Waals surface area contributed by atoms with E-state index in [-0.39, 0.29) is 19.7 Å². The van der Waals surface area contributed by atoms with E-state index in [0.717, 1.165) is 0 Å². The topological polar surface area (TPSA) is 86.7 Å². The van der Waals surface area contributed by atoms with Crippen molar-refractivity contribution in [2.75, 3.05) is 49.6 Å². The molecule has 2 amide bonds. The van der Waals surface area contributed by atoms with Crippen molar-refractivity contribution >= 4 is 29.9 Å². The number of cyclic esters (lactones) is 1. The summed E-state index contributed by atoms with van der Waals surface area (Å²) in [6.07, 6.45) is -0.118. The highest BCUT2D eigenvalue weighted by molar-refractivity contribution is 5.90. The summed E-state index contributed by atoms with van der Waals surface area (Å²) in [5.74, 6) is -0.454. The van der Waals surface area contributed by atoms with Crippen molar-refractivity contribution in [3.05, 3.63) is 24.0 Å². The maximum absolute atomic E-state index is 14.6. The molecule has 0 saturated carbocycles. The number of likely N-dealkylation sites (N-methyl/N-ethyl adjacent to an activating group) is 1. The van der Waals surface area contributed by atoms with Crippen LogP contribution >= 0.6 is 0 Å². The van der Waals surface area contributed by atoms with Gasteiger partial charge >= 0.3 is 12.2 Å². The van der Waals surface area contributed by atoms with Crippen LogP contribution in [0.15, 0.2) is 23.3 Å². The average Bonchev–Trinajstić information content (AvgIpc) is 3.02. The molecule has 9 nitrogen and oxygen atoms in total. The molecule has 3 rings (SSSR count). The van der Waals surface area contributed by atoms with Crippen LogP contribution in [0.25, 0.3) is 0 Å². The molecule has 0 unspecified atom stereocenters. The van der Waals surface area contributed by atoms with E-state index in [4.69, 9.17) is 9.47 Å². The second-order valence-electron chi connectivity index (χ2n) is 6.16. The maximum atomic E-state index is 14.6. The van der Waals surface area contributed by atoms with Crippen molar-refractivity contribution < 1.29 is 23.5 Å². The van der Waals surface area contributed by atoms with Gasteiger partial charge in [-0.1, -0.05) is 0 Å². The fraction of sp³-hybridized carbons (Fsp3) is 0.471. The van der Waals surface area contributed by atoms with E-state index in [1.165, 1.54) is 11.0 Å². The summed E-state index contributed by atoms with van der Waals surface area (Å²) in [5, 5.41) is 8.43. The van der Waals surface area contributed by atoms with E-state index in [1.807, 2.05) is 7.05 Å². The molecule has 0 aromatic heterocycles. The third-order valence-electron chi connectivity index (χ3n) is 4.23. The fourth-order valence-corrected chi connectivity index (χ4v) is 2.82. The van der Waals surface area contributed by atoms with Crippen LogP contribution < -0.4 is 15.1 Å². The smallest absolute Gasteiger partial charge is 0.414 e. The van der Waals surface area contributed by atoms with Gasteiger partial charge < -0.3 is 19.7 Å². The summed E-state index contributed by atoms with van der Waals surface area (Å²) >= 11 is 0. The number of nitrogens with one attached hydrogen (secondary N) is 1. The molecular formula is C17H22FN5O4. The van der Waals surface area contributed by atoms with Crippen LogP contribution in [0.2, 0.25) is 0 Å². The Kier molecular flexibility index (Phi) is 5.63. The van der Waals surface area contributed by atoms with Crippen LogP contribution in [0.3, 0.4) is 0 Å². The molecule has 0 spiro atoms. The summed E-state index contributed by atoms with van der Waals surface area (Å²) in [4.78, 5) is 26.5. The van der Waals surface area contributed by atoms with E-state index in [2.05, 4.69) is 10.4 Å². The summed E-state index contributed by atoms with van der Waals surface area (Å²) in [5.41, 5.74) is 0.787. The first kappa shape index (κ1) is 18.7. The second-order valence-corrected chi connectivity index (χ2v) is 6.16. The summed E-state index contributed by atoms with van der Waals surface area (Å²) < 4.78 is 24.6. The van der Waals surface area contributed by atoms with Gasteiger partial charge in [-0.05, 0) is 25.1 Å². The summed E-state index contributed by atoms with van der Waals surface area (Å²) in [6.45, 7) is 3.59. The fourth-order valence-electron chi connectivity index (χ4n) is 2.82. The molecule has 1 N–H and O–H groups in total. The van der Waals surface area contributed by atoms with E-state index < -0.39 is 24.1 Å². The number of rotatable bonds is 5. The van der Waals surface area contributed by atoms with Crippen molar-refractivity contribution in [3.8, 4) is 0 Å². The molecule has 0 aliphatic carbocycles. The average molecular weight is 379 g/mol. The summed E-state index contributed by atoms with van der Waals surface area (Å²) in [7, 11) is 1.85. The normalized spacial score (nSPS) is 19.3. The van der Waals surface area contributed by atoms with Gasteiger partial charge in [-0.2, -0.15) is 5.10 Å². The zero-order valence-corrected chi connectivity index (χ0v) is 15.2. The number of carbonyl (C=O) groups is 2. The number of amides is 2. The molecular weight excluding hydrogens is 357 g/mol. The van der Waals surface area contributed by atoms with E-state index in [9.17, 15) is 14.0 Å². The maximum Gasteiger partial charge on any atom is 0.414 e. The number of halogens is 1. The van der Waals surface area contributed by atoms with Gasteiger partial charge in [0.05, 0.1) is 37.6 Å². The highest BCUT2D eigenvalue weighted by Crippen LogP contribution is 2.28. The predicted molar refractivity (Wildman–Crippen MR) is 97.5 cm³/mol. The number of benzene rings is 1. The van der Waals surface area contributed by atoms with Crippen LogP contribution in [-0.2, 0) is 9.47 Å². The largest absolute Gasteiger partial charge is 0.450 e. The van der Waals surface area contributed by atoms with Crippen molar-refractivity contribution in [3.63, 3.8) is 0 Å². The second kappa shape index (κ2) is 8.11. The third kappa shape index (κ3) is 4.39. The number of hydrazone groups is 1. The summed E-state index contributed by atoms with van der Waals surface area (Å²) in [6, 6.07) is 4.57. The van der Waals surface area contributed by atoms with E-state index >= 15 is 0 Å². The first-order valence-corrected chi connectivity index (χ1v) is 8.68. The van der Waals surface area contributed by atoms with Crippen molar-refractivity contribution in [2.24, 2.45) is 5.10 Å². The zero-order valence-electron chi connectivity index (χ0n) is 15.2. The lowest BCUT2D eigenvalue weighted by atomic mass is 10.2. The van der Waals surface area contributed by atoms with Crippen LogP contribution in [0.4, 0.5) is 25.4 Å². The van der Waals surface area contributed by atoms with E-state index in [1.54, 1.807) is 35.3 Å². The molecule has 2 heterocycles. The molecule has 1 fully saturated rings. The molecule has 2 aliphatic rings. The molecule has 1 aromatic carbocycles. The molecule has 146 valence electrons. The lowest BCUT2D eigenvalue weighted by Crippen LogP contribution is -2.36. The molecule has 0 radical (unpaired) electrons. The Morgan fingerprint density at radius 2 is 2.26 bits per heavy atom. The van der Waals surface area contributed by atoms with Crippen LogP contribution in [-0.4, -0.2) is 69.5 Å². The Bertz CT molecular complexity index is 744. The van der Waals surface area contributed by atoms with Crippen LogP contribution in [0.1, 0.15) is 6.92 Å². The molecule has 0 bridgehead atoms. The first-order valence-electron chi connectivity index (χ1n) is 8.68. The van der Waals surface area contributed by atoms with E-state index in [0.29, 0.717) is 24.5 Å². The first-order chi connectivity index (χ1) is 13.0. The molecule has 1 atom stereocenters. The lowest BCUT2D eigenvalue weighted by Gasteiger charge is -2.28. The quantitative estimate of drug-likeness (QED) is 0.836. The molecule has 10 heteroatoms. The molecule has 27 heavy (non-hydrogen) atoms. The molecule has 2 aliphatic heterocycles. The standard InChI is InChI=1S/C17H22FN5O4/c1-3-26-16(24)19-9-13-10-23(17(25)27-13)12-4-5-15(14(18)8-12)22-7-6-21(2)20-11-22/h4-5,8,11,13H,3,6-7,9-10H2,1-2H3,(H,19,24)/t13-/m0/s1. The Morgan fingerprint density at radius 1 is 1.44 bits per heavy atom. The Morgan fingerprint density at radius 3 is 2.93 bits per heavy atom. The number of hydrogen-bond acceptors (Lipinski definition) is 7. The SMILES string of the molecule is CCOC(=O)NC[C@H]1CN(c2ccc(N3C=NN(C)CC3)c(F)c2)C(=O)O1. The number of ether oxygens (including phenoxy) is 2. The number of nitrogens with zero attached hydrogens (tertiary/aromatic N) is 4. The number of carbonyl (C=O) groups excluding carboxylic acids is 2. The Hall–Kier alpha value is -3.04. The van der Waals surface area contributed by atoms with Gasteiger partial charge in [0.1, 0.15) is 18.3 Å². The Labute approximate surface area is 156 Å². The van der Waals surface area contributed by atoms with Crippen LogP contribution in [0, 0.1) is 5.82 Å². The Balaban J connectivity index is 1.64. The zero-order chi connectivity index (χ0) is 19.4. The third-order valence-corrected chi connectivity index (χ3v) is 4.23. The predicted octanol–water partition coefficient (Wildman–Crippen LogP) is 1.59. The monoisotopic (exact) mass is 379 g/mol. The number of anilines is 2. The van der Waals surface area contributed by atoms with Gasteiger partial charge in [0.15, 0.2) is 0 Å². The van der Waals surface area contributed by atoms with Crippen molar-refractivity contribution in [2.45, 2.75) is 13.0 Å². The minimum Gasteiger partial charge on any atom is -0.450 e. The van der Waals surface area contributed by atoms with Crippen molar-refractivity contribution in [1.82, 2.24) is 10.3 Å². The lowest BCUT2D eigenvalue weighted by molar-refractivity contribution is 0.127. The minimum absolute atomic E-state index is 0.124. The highest BCUT2D eigenvalue weighted by atomic mass is 19.1. The van der Waals surface area contributed by atoms with Gasteiger partial charge in [0, 0.05) is 13.6 Å². The van der Waals surface area contributed by atoms with Gasteiger partial charge in [-0.3, -0.25) is 9.91 Å². The number of alkyl carbamates (subject to hydrolysis) is 1. The van der Waals surface area contributed by atoms with Gasteiger partial charge in [-0.25, -0.2) is 14.0 Å². The highest BCUT2D eigenvalue weighted by Gasteiger charge is 2.33. The molecule has 1 saturated heterocycles. The van der Waals surface area contributed by atoms with Crippen LogP contribution in [0.5, 0.6) is 0 Å². The van der Waals surface area contributed by atoms with Crippen molar-refractivity contribution in [1.29, 1.82) is 0 Å². The molecule has 1 aromatic rings. The van der Waals surface area contributed by atoms with Gasteiger partial charge in [-0.15, -0.1) is 0 Å².